The van der Waals surface area contributed by atoms with E-state index in [-0.39, 0.29) is 12.2 Å². The highest BCUT2D eigenvalue weighted by atomic mass is 16.2. The van der Waals surface area contributed by atoms with Gasteiger partial charge in [-0.25, -0.2) is 4.98 Å². The van der Waals surface area contributed by atoms with E-state index in [1.54, 1.807) is 30.2 Å². The number of nitrogens with zero attached hydrogens (tertiary/aromatic N) is 3. The van der Waals surface area contributed by atoms with Crippen molar-refractivity contribution in [3.8, 4) is 11.8 Å². The summed E-state index contributed by atoms with van der Waals surface area (Å²) in [7, 11) is 1.70. The van der Waals surface area contributed by atoms with Crippen LogP contribution in [0, 0.1) is 11.8 Å². The quantitative estimate of drug-likeness (QED) is 0.594. The van der Waals surface area contributed by atoms with Gasteiger partial charge in [0.25, 0.3) is 5.56 Å². The molecular formula is C14H11N3O2. The van der Waals surface area contributed by atoms with Crippen molar-refractivity contribution >= 4 is 16.6 Å². The lowest BCUT2D eigenvalue weighted by molar-refractivity contribution is 0.350. The molecule has 1 aromatic carbocycles. The third-order valence-electron chi connectivity index (χ3n) is 3.09. The Morgan fingerprint density at radius 1 is 1.42 bits per heavy atom. The van der Waals surface area contributed by atoms with Crippen LogP contribution in [-0.2, 0) is 7.05 Å². The van der Waals surface area contributed by atoms with E-state index in [4.69, 9.17) is 5.11 Å². The van der Waals surface area contributed by atoms with Gasteiger partial charge in [0.15, 0.2) is 0 Å². The van der Waals surface area contributed by atoms with Crippen molar-refractivity contribution in [3.05, 3.63) is 46.6 Å². The average molecular weight is 253 g/mol. The Morgan fingerprint density at radius 3 is 3.05 bits per heavy atom. The molecule has 1 N–H and O–H groups in total. The third-order valence-corrected chi connectivity index (χ3v) is 3.09. The van der Waals surface area contributed by atoms with E-state index in [0.29, 0.717) is 10.9 Å². The number of aryl methyl sites for hydroxylation is 1. The summed E-state index contributed by atoms with van der Waals surface area (Å²) in [4.78, 5) is 16.5. The maximum atomic E-state index is 12.4. The molecule has 3 aromatic rings. The van der Waals surface area contributed by atoms with Crippen LogP contribution in [0.5, 0.6) is 0 Å². The van der Waals surface area contributed by atoms with E-state index in [2.05, 4.69) is 16.8 Å². The largest absolute Gasteiger partial charge is 0.384 e. The van der Waals surface area contributed by atoms with Crippen molar-refractivity contribution in [2.45, 2.75) is 0 Å². The number of imidazole rings is 1. The van der Waals surface area contributed by atoms with E-state index < -0.39 is 0 Å². The molecule has 0 amide bonds. The Kier molecular flexibility index (Phi) is 2.58. The molecule has 0 atom stereocenters. The third kappa shape index (κ3) is 1.62. The lowest BCUT2D eigenvalue weighted by atomic mass is 10.1. The molecule has 5 heteroatoms. The fourth-order valence-electron chi connectivity index (χ4n) is 2.20. The zero-order valence-electron chi connectivity index (χ0n) is 10.3. The molecule has 0 aliphatic heterocycles. The second kappa shape index (κ2) is 4.26. The zero-order valence-corrected chi connectivity index (χ0v) is 10.3. The Labute approximate surface area is 108 Å². The number of fused-ring (bicyclic) bond motifs is 3. The van der Waals surface area contributed by atoms with Crippen LogP contribution in [0.25, 0.3) is 16.6 Å². The highest BCUT2D eigenvalue weighted by Crippen LogP contribution is 2.16. The molecule has 0 radical (unpaired) electrons. The summed E-state index contributed by atoms with van der Waals surface area (Å²) in [6.45, 7) is -0.232. The Balaban J connectivity index is 2.56. The van der Waals surface area contributed by atoms with Crippen LogP contribution in [0.3, 0.4) is 0 Å². The maximum absolute atomic E-state index is 12.4. The van der Waals surface area contributed by atoms with Crippen molar-refractivity contribution in [2.75, 3.05) is 6.61 Å². The van der Waals surface area contributed by atoms with E-state index >= 15 is 0 Å². The van der Waals surface area contributed by atoms with Gasteiger partial charge in [-0.05, 0) is 12.1 Å². The average Bonchev–Trinajstić information content (AvgIpc) is 2.91. The molecule has 19 heavy (non-hydrogen) atoms. The number of rotatable bonds is 0. The van der Waals surface area contributed by atoms with Gasteiger partial charge in [-0.15, -0.1) is 0 Å². The minimum atomic E-state index is -0.232. The Morgan fingerprint density at radius 2 is 2.26 bits per heavy atom. The lowest BCUT2D eigenvalue weighted by Crippen LogP contribution is -2.20. The van der Waals surface area contributed by atoms with Gasteiger partial charge in [-0.3, -0.25) is 13.8 Å². The highest BCUT2D eigenvalue weighted by molar-refractivity contribution is 5.86. The SMILES string of the molecule is Cn1c(=O)c2c(C#CCO)cccc2n2cncc12. The van der Waals surface area contributed by atoms with Crippen LogP contribution in [0.15, 0.2) is 35.5 Å². The summed E-state index contributed by atoms with van der Waals surface area (Å²) in [5, 5.41) is 9.33. The normalized spacial score (nSPS) is 10.6. The van der Waals surface area contributed by atoms with Crippen LogP contribution in [0.2, 0.25) is 0 Å². The lowest BCUT2D eigenvalue weighted by Gasteiger charge is -2.07. The van der Waals surface area contributed by atoms with E-state index in [0.717, 1.165) is 11.2 Å². The topological polar surface area (TPSA) is 59.5 Å². The highest BCUT2D eigenvalue weighted by Gasteiger charge is 2.10. The molecule has 2 aromatic heterocycles. The maximum Gasteiger partial charge on any atom is 0.262 e. The monoisotopic (exact) mass is 253 g/mol. The molecule has 0 aliphatic carbocycles. The first-order chi connectivity index (χ1) is 9.24. The van der Waals surface area contributed by atoms with Gasteiger partial charge in [-0.2, -0.15) is 0 Å². The van der Waals surface area contributed by atoms with Crippen LogP contribution in [-0.4, -0.2) is 25.7 Å². The fourth-order valence-corrected chi connectivity index (χ4v) is 2.20. The van der Waals surface area contributed by atoms with Crippen LogP contribution in [0.1, 0.15) is 5.56 Å². The molecule has 0 fully saturated rings. The summed E-state index contributed by atoms with van der Waals surface area (Å²) < 4.78 is 3.39. The Bertz CT molecular complexity index is 894. The minimum Gasteiger partial charge on any atom is -0.384 e. The van der Waals surface area contributed by atoms with Crippen LogP contribution >= 0.6 is 0 Å². The van der Waals surface area contributed by atoms with Gasteiger partial charge in [0.05, 0.1) is 17.1 Å². The molecular weight excluding hydrogens is 242 g/mol. The molecule has 3 rings (SSSR count). The number of hydrogen-bond acceptors (Lipinski definition) is 3. The standard InChI is InChI=1S/C14H11N3O2/c1-16-12-8-15-9-17(12)11-6-2-4-10(5-3-7-18)13(11)14(16)19/h2,4,6,8-9,18H,7H2,1H3. The van der Waals surface area contributed by atoms with Crippen LogP contribution in [0.4, 0.5) is 0 Å². The van der Waals surface area contributed by atoms with Gasteiger partial charge in [-0.1, -0.05) is 17.9 Å². The summed E-state index contributed by atoms with van der Waals surface area (Å²) in [5.74, 6) is 5.39. The summed E-state index contributed by atoms with van der Waals surface area (Å²) >= 11 is 0. The van der Waals surface area contributed by atoms with Crippen molar-refractivity contribution < 1.29 is 5.11 Å². The number of hydrogen-bond donors (Lipinski definition) is 1. The molecule has 0 bridgehead atoms. The van der Waals surface area contributed by atoms with E-state index in [9.17, 15) is 4.79 Å². The van der Waals surface area contributed by atoms with Crippen molar-refractivity contribution in [2.24, 2.45) is 7.05 Å². The summed E-state index contributed by atoms with van der Waals surface area (Å²) in [5.41, 5.74) is 1.98. The van der Waals surface area contributed by atoms with Gasteiger partial charge >= 0.3 is 0 Å². The second-order valence-corrected chi connectivity index (χ2v) is 4.15. The summed E-state index contributed by atoms with van der Waals surface area (Å²) in [6.07, 6.45) is 3.31. The predicted molar refractivity (Wildman–Crippen MR) is 71.9 cm³/mol. The molecule has 5 nitrogen and oxygen atoms in total. The molecule has 0 spiro atoms. The molecule has 0 saturated heterocycles. The Hall–Kier alpha value is -2.58. The summed E-state index contributed by atoms with van der Waals surface area (Å²) in [6, 6.07) is 5.47. The fraction of sp³-hybridized carbons (Fsp3) is 0.143. The van der Waals surface area contributed by atoms with Crippen LogP contribution < -0.4 is 5.56 Å². The first-order valence-corrected chi connectivity index (χ1v) is 5.77. The van der Waals surface area contributed by atoms with Gasteiger partial charge in [0, 0.05) is 12.6 Å². The number of benzene rings is 1. The smallest absolute Gasteiger partial charge is 0.262 e. The first-order valence-electron chi connectivity index (χ1n) is 5.77. The predicted octanol–water partition coefficient (Wildman–Crippen LogP) is 0.530. The zero-order chi connectivity index (χ0) is 13.4. The molecule has 94 valence electrons. The first kappa shape index (κ1) is 11.5. The number of aliphatic hydroxyl groups is 1. The number of aromatic nitrogens is 3. The number of aliphatic hydroxyl groups excluding tert-OH is 1. The van der Waals surface area contributed by atoms with E-state index in [1.807, 2.05) is 16.5 Å². The van der Waals surface area contributed by atoms with Crippen molar-refractivity contribution in [3.63, 3.8) is 0 Å². The molecule has 0 aliphatic rings. The van der Waals surface area contributed by atoms with Crippen molar-refractivity contribution in [1.29, 1.82) is 0 Å². The van der Waals surface area contributed by atoms with Gasteiger partial charge in [0.1, 0.15) is 18.6 Å². The second-order valence-electron chi connectivity index (χ2n) is 4.15. The molecule has 0 saturated carbocycles. The van der Waals surface area contributed by atoms with E-state index in [1.165, 1.54) is 0 Å². The van der Waals surface area contributed by atoms with Crippen molar-refractivity contribution in [1.82, 2.24) is 14.0 Å². The van der Waals surface area contributed by atoms with Gasteiger partial charge in [0.2, 0.25) is 0 Å². The molecule has 2 heterocycles. The molecule has 0 unspecified atom stereocenters. The minimum absolute atomic E-state index is 0.120. The van der Waals surface area contributed by atoms with Gasteiger partial charge < -0.3 is 5.11 Å².